The van der Waals surface area contributed by atoms with Gasteiger partial charge in [0.25, 0.3) is 0 Å². The molecule has 18 heavy (non-hydrogen) atoms. The fraction of sp³-hybridized carbons (Fsp3) is 0.385. The average molecular weight is 309 g/mol. The number of hydrogen-bond donors (Lipinski definition) is 1. The summed E-state index contributed by atoms with van der Waals surface area (Å²) in [5.41, 5.74) is 6.77. The smallest absolute Gasteiger partial charge is 0.164 e. The van der Waals surface area contributed by atoms with Crippen molar-refractivity contribution < 1.29 is 0 Å². The van der Waals surface area contributed by atoms with Gasteiger partial charge in [-0.15, -0.1) is 10.2 Å². The summed E-state index contributed by atoms with van der Waals surface area (Å²) in [5.74, 6) is 2.25. The van der Waals surface area contributed by atoms with E-state index in [2.05, 4.69) is 44.5 Å². The zero-order valence-electron chi connectivity index (χ0n) is 10.6. The van der Waals surface area contributed by atoms with Gasteiger partial charge in [-0.25, -0.2) is 0 Å². The number of benzene rings is 1. The molecule has 0 unspecified atom stereocenters. The van der Waals surface area contributed by atoms with Crippen LogP contribution < -0.4 is 5.73 Å². The zero-order chi connectivity index (χ0) is 13.1. The van der Waals surface area contributed by atoms with Gasteiger partial charge < -0.3 is 10.3 Å². The topological polar surface area (TPSA) is 56.7 Å². The van der Waals surface area contributed by atoms with Crippen LogP contribution in [0.3, 0.4) is 0 Å². The molecule has 1 aromatic carbocycles. The lowest BCUT2D eigenvalue weighted by molar-refractivity contribution is 0.510. The summed E-state index contributed by atoms with van der Waals surface area (Å²) in [6.07, 6.45) is 0. The van der Waals surface area contributed by atoms with Crippen LogP contribution in [0.25, 0.3) is 11.4 Å². The first-order valence-electron chi connectivity index (χ1n) is 6.00. The van der Waals surface area contributed by atoms with Crippen molar-refractivity contribution in [1.29, 1.82) is 0 Å². The van der Waals surface area contributed by atoms with Crippen LogP contribution in [0.5, 0.6) is 0 Å². The van der Waals surface area contributed by atoms with Crippen LogP contribution in [-0.4, -0.2) is 14.8 Å². The van der Waals surface area contributed by atoms with Crippen LogP contribution in [0.2, 0.25) is 0 Å². The molecule has 0 saturated carbocycles. The molecule has 1 heterocycles. The molecule has 1 aromatic heterocycles. The second-order valence-corrected chi connectivity index (χ2v) is 5.57. The second-order valence-electron chi connectivity index (χ2n) is 4.66. The van der Waals surface area contributed by atoms with E-state index >= 15 is 0 Å². The third kappa shape index (κ3) is 2.79. The maximum atomic E-state index is 5.71. The van der Waals surface area contributed by atoms with Gasteiger partial charge in [-0.1, -0.05) is 41.9 Å². The summed E-state index contributed by atoms with van der Waals surface area (Å²) >= 11 is 3.43. The number of rotatable bonds is 4. The van der Waals surface area contributed by atoms with Crippen molar-refractivity contribution in [3.05, 3.63) is 34.6 Å². The van der Waals surface area contributed by atoms with E-state index in [1.54, 1.807) is 0 Å². The zero-order valence-corrected chi connectivity index (χ0v) is 12.2. The van der Waals surface area contributed by atoms with E-state index in [0.717, 1.165) is 28.2 Å². The van der Waals surface area contributed by atoms with Crippen LogP contribution in [0.15, 0.2) is 28.7 Å². The normalized spacial score (nSPS) is 11.2. The van der Waals surface area contributed by atoms with Crippen molar-refractivity contribution in [3.8, 4) is 11.4 Å². The molecule has 0 radical (unpaired) electrons. The van der Waals surface area contributed by atoms with Crippen molar-refractivity contribution in [2.75, 3.05) is 0 Å². The molecule has 0 bridgehead atoms. The molecule has 0 saturated heterocycles. The third-order valence-corrected chi connectivity index (χ3v) is 3.19. The third-order valence-electron chi connectivity index (χ3n) is 2.66. The first-order chi connectivity index (χ1) is 8.61. The molecule has 96 valence electrons. The molecular formula is C13H17BrN4. The average Bonchev–Trinajstić information content (AvgIpc) is 2.72. The highest BCUT2D eigenvalue weighted by molar-refractivity contribution is 9.10. The highest BCUT2D eigenvalue weighted by Crippen LogP contribution is 2.21. The van der Waals surface area contributed by atoms with Gasteiger partial charge in [-0.2, -0.15) is 0 Å². The van der Waals surface area contributed by atoms with E-state index in [0.29, 0.717) is 12.5 Å². The van der Waals surface area contributed by atoms with Crippen LogP contribution >= 0.6 is 15.9 Å². The number of hydrogen-bond acceptors (Lipinski definition) is 3. The lowest BCUT2D eigenvalue weighted by Gasteiger charge is -2.12. The van der Waals surface area contributed by atoms with Crippen molar-refractivity contribution in [2.24, 2.45) is 11.7 Å². The Hall–Kier alpha value is -1.20. The minimum atomic E-state index is 0.413. The van der Waals surface area contributed by atoms with Gasteiger partial charge in [-0.05, 0) is 18.1 Å². The Labute approximate surface area is 115 Å². The highest BCUT2D eigenvalue weighted by atomic mass is 79.9. The monoisotopic (exact) mass is 308 g/mol. The Morgan fingerprint density at radius 3 is 2.44 bits per heavy atom. The minimum absolute atomic E-state index is 0.413. The molecule has 0 spiro atoms. The molecule has 2 N–H and O–H groups in total. The Morgan fingerprint density at radius 2 is 1.89 bits per heavy atom. The SMILES string of the molecule is CC(C)Cn1c(CN)nnc1-c1ccc(Br)cc1. The lowest BCUT2D eigenvalue weighted by atomic mass is 10.2. The van der Waals surface area contributed by atoms with E-state index in [4.69, 9.17) is 5.73 Å². The van der Waals surface area contributed by atoms with Crippen LogP contribution in [-0.2, 0) is 13.1 Å². The Balaban J connectivity index is 2.43. The fourth-order valence-corrected chi connectivity index (χ4v) is 2.12. The summed E-state index contributed by atoms with van der Waals surface area (Å²) in [6, 6.07) is 8.08. The Bertz CT molecular complexity index is 516. The number of nitrogens with two attached hydrogens (primary N) is 1. The van der Waals surface area contributed by atoms with Gasteiger partial charge >= 0.3 is 0 Å². The summed E-state index contributed by atoms with van der Waals surface area (Å²) < 4.78 is 3.16. The standard InChI is InChI=1S/C13H17BrN4/c1-9(2)8-18-12(7-15)16-17-13(18)10-3-5-11(14)6-4-10/h3-6,9H,7-8,15H2,1-2H3. The molecule has 4 nitrogen and oxygen atoms in total. The number of aromatic nitrogens is 3. The van der Waals surface area contributed by atoms with Crippen molar-refractivity contribution in [1.82, 2.24) is 14.8 Å². The van der Waals surface area contributed by atoms with Crippen LogP contribution in [0.1, 0.15) is 19.7 Å². The molecule has 0 atom stereocenters. The van der Waals surface area contributed by atoms with Crippen LogP contribution in [0, 0.1) is 5.92 Å². The molecule has 2 aromatic rings. The molecule has 0 fully saturated rings. The largest absolute Gasteiger partial charge is 0.324 e. The predicted molar refractivity (Wildman–Crippen MR) is 75.9 cm³/mol. The minimum Gasteiger partial charge on any atom is -0.324 e. The van der Waals surface area contributed by atoms with E-state index in [-0.39, 0.29) is 0 Å². The molecule has 2 rings (SSSR count). The van der Waals surface area contributed by atoms with Gasteiger partial charge in [-0.3, -0.25) is 0 Å². The quantitative estimate of drug-likeness (QED) is 0.945. The summed E-state index contributed by atoms with van der Waals surface area (Å²) in [7, 11) is 0. The summed E-state index contributed by atoms with van der Waals surface area (Å²) in [4.78, 5) is 0. The van der Waals surface area contributed by atoms with Crippen molar-refractivity contribution in [3.63, 3.8) is 0 Å². The highest BCUT2D eigenvalue weighted by Gasteiger charge is 2.13. The van der Waals surface area contributed by atoms with Gasteiger partial charge in [0.15, 0.2) is 5.82 Å². The van der Waals surface area contributed by atoms with Gasteiger partial charge in [0.2, 0.25) is 0 Å². The van der Waals surface area contributed by atoms with E-state index < -0.39 is 0 Å². The van der Waals surface area contributed by atoms with E-state index in [1.807, 2.05) is 24.3 Å². The van der Waals surface area contributed by atoms with Gasteiger partial charge in [0.1, 0.15) is 5.82 Å². The first kappa shape index (κ1) is 13.2. The molecule has 0 aliphatic heterocycles. The summed E-state index contributed by atoms with van der Waals surface area (Å²) in [6.45, 7) is 5.64. The maximum absolute atomic E-state index is 5.71. The summed E-state index contributed by atoms with van der Waals surface area (Å²) in [5, 5.41) is 8.42. The maximum Gasteiger partial charge on any atom is 0.164 e. The Morgan fingerprint density at radius 1 is 1.22 bits per heavy atom. The fourth-order valence-electron chi connectivity index (χ4n) is 1.86. The molecule has 0 aliphatic rings. The number of halogens is 1. The number of nitrogens with zero attached hydrogens (tertiary/aromatic N) is 3. The molecular weight excluding hydrogens is 292 g/mol. The molecule has 0 aliphatic carbocycles. The van der Waals surface area contributed by atoms with Crippen molar-refractivity contribution >= 4 is 15.9 Å². The van der Waals surface area contributed by atoms with Crippen LogP contribution in [0.4, 0.5) is 0 Å². The molecule has 0 amide bonds. The van der Waals surface area contributed by atoms with Gasteiger partial charge in [0, 0.05) is 16.6 Å². The van der Waals surface area contributed by atoms with E-state index in [9.17, 15) is 0 Å². The van der Waals surface area contributed by atoms with Crippen molar-refractivity contribution in [2.45, 2.75) is 26.9 Å². The predicted octanol–water partition coefficient (Wildman–Crippen LogP) is 2.82. The lowest BCUT2D eigenvalue weighted by Crippen LogP contribution is -2.13. The Kier molecular flexibility index (Phi) is 4.14. The second kappa shape index (κ2) is 5.63. The molecule has 5 heteroatoms. The van der Waals surface area contributed by atoms with E-state index in [1.165, 1.54) is 0 Å². The first-order valence-corrected chi connectivity index (χ1v) is 6.79. The van der Waals surface area contributed by atoms with Gasteiger partial charge in [0.05, 0.1) is 6.54 Å².